The van der Waals surface area contributed by atoms with Crippen LogP contribution in [0, 0.1) is 3.57 Å². The zero-order valence-corrected chi connectivity index (χ0v) is 27.1. The number of sulfonamides is 1. The van der Waals surface area contributed by atoms with Gasteiger partial charge in [-0.1, -0.05) is 41.4 Å². The maximum atomic E-state index is 14.4. The molecule has 3 heterocycles. The molecule has 0 bridgehead atoms. The number of amides is 2. The number of halogens is 3. The third kappa shape index (κ3) is 5.29. The van der Waals surface area contributed by atoms with Gasteiger partial charge in [0.2, 0.25) is 21.8 Å². The monoisotopic (exact) mass is 739 g/mol. The molecule has 2 fully saturated rings. The molecule has 2 saturated heterocycles. The van der Waals surface area contributed by atoms with Gasteiger partial charge in [-0.25, -0.2) is 12.7 Å². The van der Waals surface area contributed by atoms with Crippen LogP contribution in [0.3, 0.4) is 0 Å². The third-order valence-corrected chi connectivity index (χ3v) is 10.9. The maximum absolute atomic E-state index is 14.4. The number of piperidine rings is 2. The molecule has 0 radical (unpaired) electrons. The second-order valence-corrected chi connectivity index (χ2v) is 15.1. The summed E-state index contributed by atoms with van der Waals surface area (Å²) >= 11 is 15.0. The maximum Gasteiger partial charge on any atom is 0.238 e. The molecule has 0 aliphatic carbocycles. The number of ether oxygens (including phenoxy) is 1. The fraction of sp³-hybridized carbons (Fsp3) is 0.333. The molecule has 42 heavy (non-hydrogen) atoms. The molecule has 3 atom stereocenters. The van der Waals surface area contributed by atoms with Gasteiger partial charge in [-0.05, 0) is 89.0 Å². The number of carbonyl (C=O) groups is 2. The Hall–Kier alpha value is -2.38. The lowest BCUT2D eigenvalue weighted by Gasteiger charge is -2.47. The zero-order valence-electron chi connectivity index (χ0n) is 22.6. The van der Waals surface area contributed by atoms with Gasteiger partial charge < -0.3 is 15.4 Å². The largest absolute Gasteiger partial charge is 0.490 e. The number of hydrogen-bond acceptors (Lipinski definition) is 5. The topological polar surface area (TPSA) is 105 Å². The fourth-order valence-corrected chi connectivity index (χ4v) is 8.34. The zero-order chi connectivity index (χ0) is 29.8. The molecule has 0 unspecified atom stereocenters. The summed E-state index contributed by atoms with van der Waals surface area (Å²) in [6.45, 7) is 0.724. The van der Waals surface area contributed by atoms with E-state index in [-0.39, 0.29) is 24.3 Å². The van der Waals surface area contributed by atoms with Crippen molar-refractivity contribution in [2.75, 3.05) is 24.7 Å². The highest BCUT2D eigenvalue weighted by molar-refractivity contribution is 14.1. The van der Waals surface area contributed by atoms with Crippen molar-refractivity contribution in [2.24, 2.45) is 0 Å². The highest BCUT2D eigenvalue weighted by Crippen LogP contribution is 2.58. The first-order chi connectivity index (χ1) is 20.0. The summed E-state index contributed by atoms with van der Waals surface area (Å²) < 4.78 is 33.0. The predicted molar refractivity (Wildman–Crippen MR) is 171 cm³/mol. The minimum absolute atomic E-state index is 0.0798. The Labute approximate surface area is 268 Å². The number of anilines is 1. The quantitative estimate of drug-likeness (QED) is 0.330. The Balaban J connectivity index is 1.49. The second-order valence-electron chi connectivity index (χ2n) is 11.0. The van der Waals surface area contributed by atoms with Crippen LogP contribution < -0.4 is 15.4 Å². The van der Waals surface area contributed by atoms with Crippen molar-refractivity contribution in [3.05, 3.63) is 91.0 Å². The molecule has 3 aliphatic rings. The van der Waals surface area contributed by atoms with E-state index in [2.05, 4.69) is 33.2 Å². The highest BCUT2D eigenvalue weighted by atomic mass is 127. The summed E-state index contributed by atoms with van der Waals surface area (Å²) in [7, 11) is -3.28. The Kier molecular flexibility index (Phi) is 7.97. The van der Waals surface area contributed by atoms with E-state index in [0.717, 1.165) is 14.7 Å². The van der Waals surface area contributed by atoms with Crippen LogP contribution in [0.2, 0.25) is 10.0 Å². The first-order valence-electron chi connectivity index (χ1n) is 13.5. The number of nitrogens with zero attached hydrogens (tertiary/aromatic N) is 1. The van der Waals surface area contributed by atoms with Gasteiger partial charge in [0.15, 0.2) is 0 Å². The van der Waals surface area contributed by atoms with E-state index in [9.17, 15) is 18.0 Å². The van der Waals surface area contributed by atoms with E-state index in [1.54, 1.807) is 18.2 Å². The van der Waals surface area contributed by atoms with Gasteiger partial charge in [-0.2, -0.15) is 0 Å². The van der Waals surface area contributed by atoms with Gasteiger partial charge in [0.05, 0.1) is 12.3 Å². The molecule has 220 valence electrons. The molecule has 3 aliphatic heterocycles. The van der Waals surface area contributed by atoms with Gasteiger partial charge in [-0.15, -0.1) is 0 Å². The van der Waals surface area contributed by atoms with Crippen LogP contribution in [0.5, 0.6) is 5.75 Å². The number of benzene rings is 3. The van der Waals surface area contributed by atoms with Crippen molar-refractivity contribution >= 4 is 73.3 Å². The summed E-state index contributed by atoms with van der Waals surface area (Å²) in [5, 5.41) is 7.21. The first kappa shape index (κ1) is 29.7. The third-order valence-electron chi connectivity index (χ3n) is 8.45. The van der Waals surface area contributed by atoms with Crippen LogP contribution in [0.4, 0.5) is 5.69 Å². The molecule has 3 aromatic rings. The van der Waals surface area contributed by atoms with Crippen LogP contribution in [0.25, 0.3) is 0 Å². The van der Waals surface area contributed by atoms with Gasteiger partial charge in [0, 0.05) is 50.3 Å². The average molecular weight is 740 g/mol. The van der Waals surface area contributed by atoms with Crippen molar-refractivity contribution in [1.82, 2.24) is 9.62 Å². The Bertz CT molecular complexity index is 1700. The molecule has 1 spiro atoms. The smallest absolute Gasteiger partial charge is 0.238 e. The van der Waals surface area contributed by atoms with Crippen molar-refractivity contribution < 1.29 is 22.7 Å². The molecule has 12 heteroatoms. The molecule has 2 N–H and O–H groups in total. The summed E-state index contributed by atoms with van der Waals surface area (Å²) in [6.07, 6.45) is 2.10. The van der Waals surface area contributed by atoms with Gasteiger partial charge in [0.1, 0.15) is 17.3 Å². The van der Waals surface area contributed by atoms with Gasteiger partial charge in [-0.3, -0.25) is 9.59 Å². The number of carbonyl (C=O) groups excluding carboxylic acids is 2. The SMILES string of the molecule is CS(=O)(=O)N1CCC(Oc2ccc(I)cc2[C@H]2NC(=O)C[C@@H](c3cccc(Cl)c3)[C@]23C(=O)Nc2cc(Cl)ccc23)CC1. The lowest BCUT2D eigenvalue weighted by molar-refractivity contribution is -0.131. The summed E-state index contributed by atoms with van der Waals surface area (Å²) in [5.74, 6) is -0.445. The van der Waals surface area contributed by atoms with Gasteiger partial charge >= 0.3 is 0 Å². The summed E-state index contributed by atoms with van der Waals surface area (Å²) in [4.78, 5) is 27.8. The number of nitrogens with one attached hydrogen (secondary N) is 2. The van der Waals surface area contributed by atoms with Crippen LogP contribution in [0.15, 0.2) is 60.7 Å². The summed E-state index contributed by atoms with van der Waals surface area (Å²) in [6, 6.07) is 17.6. The second kappa shape index (κ2) is 11.3. The van der Waals surface area contributed by atoms with Crippen LogP contribution in [-0.4, -0.2) is 50.0 Å². The van der Waals surface area contributed by atoms with E-state index in [1.165, 1.54) is 10.6 Å². The fourth-order valence-electron chi connectivity index (χ4n) is 6.58. The Morgan fingerprint density at radius 1 is 1.00 bits per heavy atom. The van der Waals surface area contributed by atoms with Crippen molar-refractivity contribution in [1.29, 1.82) is 0 Å². The number of fused-ring (bicyclic) bond motifs is 2. The van der Waals surface area contributed by atoms with Gasteiger partial charge in [0.25, 0.3) is 0 Å². The van der Waals surface area contributed by atoms with Crippen molar-refractivity contribution in [3.63, 3.8) is 0 Å². The standard InChI is InChI=1S/C30H28Cl2IN3O5S/c1-42(39,40)36-11-9-21(10-12-36)41-26-8-6-20(33)15-22(26)28-30(23-7-5-19(32)14-25(23)34-29(30)38)24(16-27(37)35-28)17-3-2-4-18(31)13-17/h2-8,13-15,21,24,28H,9-12,16H2,1H3,(H,34,38)(H,35,37)/t24-,28+,30-/m0/s1. The molecule has 0 saturated carbocycles. The first-order valence-corrected chi connectivity index (χ1v) is 17.2. The van der Waals surface area contributed by atoms with E-state index < -0.39 is 27.4 Å². The molecular weight excluding hydrogens is 712 g/mol. The van der Waals surface area contributed by atoms with E-state index in [0.29, 0.717) is 53.0 Å². The lowest BCUT2D eigenvalue weighted by Crippen LogP contribution is -2.57. The van der Waals surface area contributed by atoms with E-state index >= 15 is 0 Å². The number of rotatable bonds is 5. The van der Waals surface area contributed by atoms with Crippen molar-refractivity contribution in [2.45, 2.75) is 42.7 Å². The normalized spacial score (nSPS) is 24.8. The predicted octanol–water partition coefficient (Wildman–Crippen LogP) is 5.64. The van der Waals surface area contributed by atoms with Crippen LogP contribution in [0.1, 0.15) is 47.9 Å². The molecule has 3 aromatic carbocycles. The number of hydrogen-bond donors (Lipinski definition) is 2. The molecule has 6 rings (SSSR count). The lowest BCUT2D eigenvalue weighted by atomic mass is 9.59. The minimum Gasteiger partial charge on any atom is -0.490 e. The minimum atomic E-state index is -3.28. The average Bonchev–Trinajstić information content (AvgIpc) is 3.21. The molecule has 0 aromatic heterocycles. The van der Waals surface area contributed by atoms with Crippen LogP contribution >= 0.6 is 45.8 Å². The van der Waals surface area contributed by atoms with Crippen LogP contribution in [-0.2, 0) is 25.0 Å². The van der Waals surface area contributed by atoms with E-state index in [4.69, 9.17) is 27.9 Å². The van der Waals surface area contributed by atoms with E-state index in [1.807, 2.05) is 42.5 Å². The Morgan fingerprint density at radius 2 is 1.74 bits per heavy atom. The van der Waals surface area contributed by atoms with Crippen molar-refractivity contribution in [3.8, 4) is 5.75 Å². The molecule has 8 nitrogen and oxygen atoms in total. The Morgan fingerprint density at radius 3 is 2.45 bits per heavy atom. The molecular formula is C30H28Cl2IN3O5S. The summed E-state index contributed by atoms with van der Waals surface area (Å²) in [5.41, 5.74) is 1.55. The molecule has 2 amide bonds. The highest BCUT2D eigenvalue weighted by Gasteiger charge is 2.61.